The van der Waals surface area contributed by atoms with Gasteiger partial charge >= 0.3 is 0 Å². The van der Waals surface area contributed by atoms with Crippen LogP contribution < -0.4 is 14.8 Å². The van der Waals surface area contributed by atoms with Gasteiger partial charge in [-0.15, -0.1) is 11.6 Å². The Hall–Kier alpha value is -1.23. The molecule has 1 aromatic heterocycles. The zero-order valence-electron chi connectivity index (χ0n) is 11.2. The summed E-state index contributed by atoms with van der Waals surface area (Å²) in [5.74, 6) is 2.44. The van der Waals surface area contributed by atoms with Crippen molar-refractivity contribution in [2.45, 2.75) is 26.3 Å². The number of hydrogen-bond donors (Lipinski definition) is 1. The summed E-state index contributed by atoms with van der Waals surface area (Å²) in [5.41, 5.74) is 0. The molecular formula is C12H20ClN3O2. The Morgan fingerprint density at radius 2 is 1.78 bits per heavy atom. The van der Waals surface area contributed by atoms with Crippen LogP contribution in [0, 0.1) is 5.92 Å². The molecule has 0 aliphatic heterocycles. The maximum atomic E-state index is 5.93. The van der Waals surface area contributed by atoms with Crippen molar-refractivity contribution in [3.63, 3.8) is 0 Å². The lowest BCUT2D eigenvalue weighted by atomic mass is 10.1. The first kappa shape index (κ1) is 14.8. The van der Waals surface area contributed by atoms with Crippen LogP contribution in [-0.2, 0) is 0 Å². The van der Waals surface area contributed by atoms with Crippen molar-refractivity contribution in [3.05, 3.63) is 6.07 Å². The molecule has 5 nitrogen and oxygen atoms in total. The summed E-state index contributed by atoms with van der Waals surface area (Å²) >= 11 is 5.93. The Kier molecular flexibility index (Phi) is 5.98. The quantitative estimate of drug-likeness (QED) is 0.774. The highest BCUT2D eigenvalue weighted by molar-refractivity contribution is 6.18. The zero-order chi connectivity index (χ0) is 13.5. The third-order valence-corrected chi connectivity index (χ3v) is 2.75. The molecule has 1 N–H and O–H groups in total. The molecule has 1 aromatic rings. The number of anilines is 1. The average molecular weight is 274 g/mol. The summed E-state index contributed by atoms with van der Waals surface area (Å²) in [7, 11) is 3.11. The van der Waals surface area contributed by atoms with Gasteiger partial charge in [0.2, 0.25) is 17.7 Å². The number of methoxy groups -OCH3 is 2. The summed E-state index contributed by atoms with van der Waals surface area (Å²) in [6.45, 7) is 4.29. The predicted molar refractivity (Wildman–Crippen MR) is 72.7 cm³/mol. The molecule has 1 heterocycles. The normalized spacial score (nSPS) is 12.3. The van der Waals surface area contributed by atoms with Gasteiger partial charge in [-0.1, -0.05) is 13.8 Å². The van der Waals surface area contributed by atoms with E-state index in [0.29, 0.717) is 29.5 Å². The molecule has 0 saturated carbocycles. The second-order valence-corrected chi connectivity index (χ2v) is 4.71. The molecule has 18 heavy (non-hydrogen) atoms. The maximum absolute atomic E-state index is 5.93. The fraction of sp³-hybridized carbons (Fsp3) is 0.667. The van der Waals surface area contributed by atoms with Gasteiger partial charge in [0, 0.05) is 11.9 Å². The number of alkyl halides is 1. The van der Waals surface area contributed by atoms with Crippen LogP contribution in [0.15, 0.2) is 6.07 Å². The molecule has 102 valence electrons. The van der Waals surface area contributed by atoms with Crippen LogP contribution in [0.5, 0.6) is 11.8 Å². The third-order valence-electron chi connectivity index (χ3n) is 2.37. The van der Waals surface area contributed by atoms with Crippen LogP contribution in [0.2, 0.25) is 0 Å². The van der Waals surface area contributed by atoms with Crippen molar-refractivity contribution >= 4 is 17.5 Å². The number of rotatable bonds is 7. The number of nitrogens with one attached hydrogen (secondary N) is 1. The van der Waals surface area contributed by atoms with E-state index in [2.05, 4.69) is 29.1 Å². The highest BCUT2D eigenvalue weighted by Crippen LogP contribution is 2.19. The lowest BCUT2D eigenvalue weighted by Crippen LogP contribution is -2.24. The average Bonchev–Trinajstić information content (AvgIpc) is 2.36. The van der Waals surface area contributed by atoms with Crippen LogP contribution in [0.4, 0.5) is 5.95 Å². The Morgan fingerprint density at radius 1 is 1.22 bits per heavy atom. The second-order valence-electron chi connectivity index (χ2n) is 4.40. The van der Waals surface area contributed by atoms with Crippen molar-refractivity contribution in [2.75, 3.05) is 25.4 Å². The van der Waals surface area contributed by atoms with Gasteiger partial charge in [0.05, 0.1) is 20.3 Å². The van der Waals surface area contributed by atoms with Crippen molar-refractivity contribution in [1.29, 1.82) is 0 Å². The fourth-order valence-electron chi connectivity index (χ4n) is 1.59. The minimum absolute atomic E-state index is 0.128. The molecule has 0 aliphatic rings. The SMILES string of the molecule is COc1cc(OC)nc(NC(CCl)CC(C)C)n1. The molecule has 6 heteroatoms. The van der Waals surface area contributed by atoms with Gasteiger partial charge in [0.1, 0.15) is 0 Å². The summed E-state index contributed by atoms with van der Waals surface area (Å²) < 4.78 is 10.2. The Labute approximate surface area is 113 Å². The summed E-state index contributed by atoms with van der Waals surface area (Å²) in [6, 6.07) is 1.76. The van der Waals surface area contributed by atoms with Crippen LogP contribution >= 0.6 is 11.6 Å². The lowest BCUT2D eigenvalue weighted by molar-refractivity contribution is 0.372. The third kappa shape index (κ3) is 4.56. The molecule has 0 bridgehead atoms. The molecule has 1 unspecified atom stereocenters. The Morgan fingerprint density at radius 3 is 2.17 bits per heavy atom. The molecule has 1 rings (SSSR count). The van der Waals surface area contributed by atoms with Gasteiger partial charge in [0.15, 0.2) is 0 Å². The van der Waals surface area contributed by atoms with E-state index in [1.54, 1.807) is 20.3 Å². The van der Waals surface area contributed by atoms with Gasteiger partial charge in [-0.2, -0.15) is 9.97 Å². The van der Waals surface area contributed by atoms with Crippen molar-refractivity contribution in [1.82, 2.24) is 9.97 Å². The molecule has 0 radical (unpaired) electrons. The maximum Gasteiger partial charge on any atom is 0.229 e. The largest absolute Gasteiger partial charge is 0.481 e. The topological polar surface area (TPSA) is 56.3 Å². The molecule has 0 aliphatic carbocycles. The van der Waals surface area contributed by atoms with Gasteiger partial charge in [-0.3, -0.25) is 0 Å². The van der Waals surface area contributed by atoms with Crippen LogP contribution in [0.3, 0.4) is 0 Å². The first-order valence-electron chi connectivity index (χ1n) is 5.88. The van der Waals surface area contributed by atoms with Crippen LogP contribution in [0.25, 0.3) is 0 Å². The van der Waals surface area contributed by atoms with Crippen LogP contribution in [0.1, 0.15) is 20.3 Å². The van der Waals surface area contributed by atoms with Gasteiger partial charge in [-0.05, 0) is 12.3 Å². The van der Waals surface area contributed by atoms with E-state index in [4.69, 9.17) is 21.1 Å². The number of aromatic nitrogens is 2. The van der Waals surface area contributed by atoms with Crippen LogP contribution in [-0.4, -0.2) is 36.1 Å². The standard InChI is InChI=1S/C12H20ClN3O2/c1-8(2)5-9(7-13)14-12-15-10(17-3)6-11(16-12)18-4/h6,8-9H,5,7H2,1-4H3,(H,14,15,16). The highest BCUT2D eigenvalue weighted by Gasteiger charge is 2.13. The van der Waals surface area contributed by atoms with Crippen molar-refractivity contribution in [3.8, 4) is 11.8 Å². The molecular weight excluding hydrogens is 254 g/mol. The van der Waals surface area contributed by atoms with Gasteiger partial charge in [-0.25, -0.2) is 0 Å². The van der Waals surface area contributed by atoms with E-state index in [1.807, 2.05) is 0 Å². The Bertz CT molecular complexity index is 352. The minimum atomic E-state index is 0.128. The van der Waals surface area contributed by atoms with E-state index < -0.39 is 0 Å². The predicted octanol–water partition coefficient (Wildman–Crippen LogP) is 2.56. The number of hydrogen-bond acceptors (Lipinski definition) is 5. The lowest BCUT2D eigenvalue weighted by Gasteiger charge is -2.18. The van der Waals surface area contributed by atoms with E-state index in [0.717, 1.165) is 6.42 Å². The Balaban J connectivity index is 2.81. The minimum Gasteiger partial charge on any atom is -0.481 e. The summed E-state index contributed by atoms with van der Waals surface area (Å²) in [5, 5.41) is 3.20. The molecule has 0 saturated heterocycles. The summed E-state index contributed by atoms with van der Waals surface area (Å²) in [4.78, 5) is 8.42. The monoisotopic (exact) mass is 273 g/mol. The first-order chi connectivity index (χ1) is 8.58. The van der Waals surface area contributed by atoms with Gasteiger partial charge in [0.25, 0.3) is 0 Å². The fourth-order valence-corrected chi connectivity index (χ4v) is 1.79. The molecule has 0 amide bonds. The van der Waals surface area contributed by atoms with E-state index >= 15 is 0 Å². The molecule has 1 atom stereocenters. The smallest absolute Gasteiger partial charge is 0.229 e. The molecule has 0 aromatic carbocycles. The van der Waals surface area contributed by atoms with E-state index in [9.17, 15) is 0 Å². The van der Waals surface area contributed by atoms with Gasteiger partial charge < -0.3 is 14.8 Å². The van der Waals surface area contributed by atoms with E-state index in [-0.39, 0.29) is 6.04 Å². The van der Waals surface area contributed by atoms with Crippen molar-refractivity contribution in [2.24, 2.45) is 5.92 Å². The number of nitrogens with zero attached hydrogens (tertiary/aromatic N) is 2. The highest BCUT2D eigenvalue weighted by atomic mass is 35.5. The first-order valence-corrected chi connectivity index (χ1v) is 6.42. The zero-order valence-corrected chi connectivity index (χ0v) is 12.0. The van der Waals surface area contributed by atoms with E-state index in [1.165, 1.54) is 0 Å². The van der Waals surface area contributed by atoms with Crippen molar-refractivity contribution < 1.29 is 9.47 Å². The number of ether oxygens (including phenoxy) is 2. The number of halogens is 1. The molecule has 0 spiro atoms. The molecule has 0 fully saturated rings. The summed E-state index contributed by atoms with van der Waals surface area (Å²) in [6.07, 6.45) is 0.951. The second kappa shape index (κ2) is 7.26.